The van der Waals surface area contributed by atoms with Crippen LogP contribution in [0.2, 0.25) is 5.02 Å². The average molecular weight is 584 g/mol. The van der Waals surface area contributed by atoms with E-state index in [1.807, 2.05) is 24.3 Å². The highest BCUT2D eigenvalue weighted by Crippen LogP contribution is 2.37. The van der Waals surface area contributed by atoms with Gasteiger partial charge in [-0.3, -0.25) is 4.79 Å². The van der Waals surface area contributed by atoms with Crippen molar-refractivity contribution in [2.75, 3.05) is 7.11 Å². The number of ether oxygens (including phenoxy) is 2. The number of esters is 1. The van der Waals surface area contributed by atoms with E-state index in [0.717, 1.165) is 19.9 Å². The number of carbonyl (C=O) groups is 2. The molecule has 10 heteroatoms. The molecule has 5 aromatic rings. The maximum Gasteiger partial charge on any atom is 0.355 e. The number of hydrazone groups is 1. The number of halogens is 2. The average Bonchev–Trinajstić information content (AvgIpc) is 3.45. The smallest absolute Gasteiger partial charge is 0.355 e. The maximum atomic E-state index is 12.7. The lowest BCUT2D eigenvalue weighted by molar-refractivity contribution is 0.0739. The quantitative estimate of drug-likeness (QED) is 0.100. The Morgan fingerprint density at radius 2 is 1.83 bits per heavy atom. The minimum absolute atomic E-state index is 0.154. The van der Waals surface area contributed by atoms with Crippen molar-refractivity contribution < 1.29 is 23.5 Å². The van der Waals surface area contributed by atoms with Crippen LogP contribution in [0.1, 0.15) is 25.8 Å². The molecule has 36 heavy (non-hydrogen) atoms. The fraction of sp³-hybridized carbons (Fsp3) is 0.0385. The summed E-state index contributed by atoms with van der Waals surface area (Å²) in [6, 6.07) is 19.2. The fourth-order valence-electron chi connectivity index (χ4n) is 3.43. The summed E-state index contributed by atoms with van der Waals surface area (Å²) in [5.41, 5.74) is 3.73. The second kappa shape index (κ2) is 10.1. The lowest BCUT2D eigenvalue weighted by atomic mass is 10.2. The Balaban J connectivity index is 1.22. The van der Waals surface area contributed by atoms with E-state index < -0.39 is 11.9 Å². The molecular weight excluding hydrogens is 568 g/mol. The minimum atomic E-state index is -0.549. The molecule has 0 saturated heterocycles. The first-order valence-corrected chi connectivity index (χ1v) is 12.5. The number of furan rings is 1. The van der Waals surface area contributed by atoms with E-state index in [1.165, 1.54) is 17.6 Å². The molecule has 2 aromatic heterocycles. The zero-order chi connectivity index (χ0) is 25.2. The van der Waals surface area contributed by atoms with Gasteiger partial charge in [0, 0.05) is 19.9 Å². The van der Waals surface area contributed by atoms with Gasteiger partial charge in [-0.1, -0.05) is 27.5 Å². The number of amides is 1. The minimum Gasteiger partial charge on any atom is -0.497 e. The number of benzene rings is 3. The monoisotopic (exact) mass is 582 g/mol. The number of nitrogens with one attached hydrogen (secondary N) is 1. The van der Waals surface area contributed by atoms with E-state index in [-0.39, 0.29) is 5.76 Å². The molecule has 2 heterocycles. The van der Waals surface area contributed by atoms with Gasteiger partial charge < -0.3 is 13.9 Å². The van der Waals surface area contributed by atoms with Crippen molar-refractivity contribution in [1.29, 1.82) is 0 Å². The van der Waals surface area contributed by atoms with Crippen molar-refractivity contribution in [3.05, 3.63) is 92.4 Å². The number of hydrogen-bond donors (Lipinski definition) is 1. The zero-order valence-electron chi connectivity index (χ0n) is 18.6. The first-order chi connectivity index (χ1) is 17.4. The van der Waals surface area contributed by atoms with Gasteiger partial charge in [-0.15, -0.1) is 11.3 Å². The van der Waals surface area contributed by atoms with Gasteiger partial charge in [0.05, 0.1) is 18.3 Å². The third-order valence-electron chi connectivity index (χ3n) is 5.19. The molecule has 0 radical (unpaired) electrons. The van der Waals surface area contributed by atoms with Crippen LogP contribution in [-0.2, 0) is 0 Å². The maximum absolute atomic E-state index is 12.7. The highest BCUT2D eigenvalue weighted by molar-refractivity contribution is 9.10. The molecule has 0 aliphatic heterocycles. The summed E-state index contributed by atoms with van der Waals surface area (Å²) in [6.45, 7) is 0. The van der Waals surface area contributed by atoms with Gasteiger partial charge in [-0.05, 0) is 72.3 Å². The summed E-state index contributed by atoms with van der Waals surface area (Å²) in [7, 11) is 1.58. The van der Waals surface area contributed by atoms with Crippen molar-refractivity contribution in [1.82, 2.24) is 5.43 Å². The molecule has 5 rings (SSSR count). The second-order valence-electron chi connectivity index (χ2n) is 7.56. The van der Waals surface area contributed by atoms with Gasteiger partial charge in [0.1, 0.15) is 22.0 Å². The van der Waals surface area contributed by atoms with Crippen LogP contribution < -0.4 is 14.9 Å². The van der Waals surface area contributed by atoms with Gasteiger partial charge >= 0.3 is 11.9 Å². The Labute approximate surface area is 222 Å². The summed E-state index contributed by atoms with van der Waals surface area (Å²) in [5, 5.41) is 5.88. The molecule has 0 fully saturated rings. The first-order valence-electron chi connectivity index (χ1n) is 10.5. The number of thiophene rings is 1. The standard InChI is InChI=1S/C26H16BrClN2O5S/c1-33-18-7-8-19-22(12-18)36-24(23(19)28)26(32)34-17-5-2-14(3-6-17)13-29-30-25(31)21-11-15-10-16(27)4-9-20(15)35-21/h2-13H,1H3,(H,30,31)/b29-13-. The van der Waals surface area contributed by atoms with E-state index in [2.05, 4.69) is 26.5 Å². The predicted octanol–water partition coefficient (Wildman–Crippen LogP) is 7.06. The lowest BCUT2D eigenvalue weighted by Gasteiger charge is -2.03. The number of nitrogens with zero attached hydrogens (tertiary/aromatic N) is 1. The summed E-state index contributed by atoms with van der Waals surface area (Å²) < 4.78 is 18.0. The molecule has 1 amide bonds. The van der Waals surface area contributed by atoms with Gasteiger partial charge in [-0.2, -0.15) is 5.10 Å². The Bertz CT molecular complexity index is 1640. The summed E-state index contributed by atoms with van der Waals surface area (Å²) in [6.07, 6.45) is 1.47. The summed E-state index contributed by atoms with van der Waals surface area (Å²) in [5.74, 6) is 0.162. The molecule has 7 nitrogen and oxygen atoms in total. The predicted molar refractivity (Wildman–Crippen MR) is 144 cm³/mol. The van der Waals surface area contributed by atoms with Crippen molar-refractivity contribution in [2.45, 2.75) is 0 Å². The van der Waals surface area contributed by atoms with Crippen LogP contribution in [0.5, 0.6) is 11.5 Å². The zero-order valence-corrected chi connectivity index (χ0v) is 21.7. The normalized spacial score (nSPS) is 11.3. The molecule has 0 aliphatic rings. The lowest BCUT2D eigenvalue weighted by Crippen LogP contribution is -2.16. The molecule has 0 atom stereocenters. The van der Waals surface area contributed by atoms with Crippen LogP contribution in [0.15, 0.2) is 80.7 Å². The molecule has 0 saturated carbocycles. The van der Waals surface area contributed by atoms with E-state index >= 15 is 0 Å². The Kier molecular flexibility index (Phi) is 6.77. The molecular formula is C26H16BrClN2O5S. The second-order valence-corrected chi connectivity index (χ2v) is 9.90. The van der Waals surface area contributed by atoms with Crippen LogP contribution >= 0.6 is 38.9 Å². The third-order valence-corrected chi connectivity index (χ3v) is 7.32. The largest absolute Gasteiger partial charge is 0.497 e. The molecule has 3 aromatic carbocycles. The fourth-order valence-corrected chi connectivity index (χ4v) is 5.22. The van der Waals surface area contributed by atoms with E-state index in [0.29, 0.717) is 32.5 Å². The van der Waals surface area contributed by atoms with Crippen molar-refractivity contribution in [3.63, 3.8) is 0 Å². The van der Waals surface area contributed by atoms with Crippen LogP contribution in [0, 0.1) is 0 Å². The van der Waals surface area contributed by atoms with Crippen LogP contribution in [0.3, 0.4) is 0 Å². The van der Waals surface area contributed by atoms with Crippen LogP contribution in [-0.4, -0.2) is 25.2 Å². The highest BCUT2D eigenvalue weighted by atomic mass is 79.9. The molecule has 0 bridgehead atoms. The van der Waals surface area contributed by atoms with E-state index in [4.69, 9.17) is 25.5 Å². The number of carbonyl (C=O) groups excluding carboxylic acids is 2. The SMILES string of the molecule is COc1ccc2c(Cl)c(C(=O)Oc3ccc(/C=N\NC(=O)c4cc5cc(Br)ccc5o4)cc3)sc2c1. The van der Waals surface area contributed by atoms with E-state index in [9.17, 15) is 9.59 Å². The van der Waals surface area contributed by atoms with Crippen LogP contribution in [0.25, 0.3) is 21.1 Å². The van der Waals surface area contributed by atoms with E-state index in [1.54, 1.807) is 49.6 Å². The van der Waals surface area contributed by atoms with Gasteiger partial charge in [0.15, 0.2) is 5.76 Å². The Hall–Kier alpha value is -3.66. The van der Waals surface area contributed by atoms with Crippen molar-refractivity contribution in [2.24, 2.45) is 5.10 Å². The van der Waals surface area contributed by atoms with Crippen molar-refractivity contribution >= 4 is 78.0 Å². The molecule has 0 spiro atoms. The Morgan fingerprint density at radius 1 is 1.06 bits per heavy atom. The Morgan fingerprint density at radius 3 is 2.61 bits per heavy atom. The molecule has 0 aliphatic carbocycles. The van der Waals surface area contributed by atoms with Gasteiger partial charge in [0.2, 0.25) is 0 Å². The highest BCUT2D eigenvalue weighted by Gasteiger charge is 2.19. The number of fused-ring (bicyclic) bond motifs is 2. The van der Waals surface area contributed by atoms with Crippen LogP contribution in [0.4, 0.5) is 0 Å². The van der Waals surface area contributed by atoms with Gasteiger partial charge in [-0.25, -0.2) is 10.2 Å². The molecule has 1 N–H and O–H groups in total. The van der Waals surface area contributed by atoms with Gasteiger partial charge in [0.25, 0.3) is 0 Å². The number of methoxy groups -OCH3 is 1. The summed E-state index contributed by atoms with van der Waals surface area (Å²) in [4.78, 5) is 25.3. The number of rotatable bonds is 6. The topological polar surface area (TPSA) is 90.1 Å². The van der Waals surface area contributed by atoms with Crippen molar-refractivity contribution in [3.8, 4) is 11.5 Å². The number of hydrogen-bond acceptors (Lipinski definition) is 7. The third kappa shape index (κ3) is 4.99. The summed E-state index contributed by atoms with van der Waals surface area (Å²) >= 11 is 11.0. The first kappa shape index (κ1) is 24.1. The molecule has 0 unspecified atom stereocenters. The molecule has 180 valence electrons.